The number of benzene rings is 2. The van der Waals surface area contributed by atoms with Gasteiger partial charge in [-0.3, -0.25) is 0 Å². The molecule has 0 aliphatic carbocycles. The summed E-state index contributed by atoms with van der Waals surface area (Å²) in [6, 6.07) is 12.0. The first kappa shape index (κ1) is 13.9. The molecule has 0 saturated carbocycles. The lowest BCUT2D eigenvalue weighted by atomic mass is 10.2. The molecule has 0 fully saturated rings. The molecule has 0 spiro atoms. The van der Waals surface area contributed by atoms with Crippen LogP contribution < -0.4 is 4.74 Å². The van der Waals surface area contributed by atoms with Crippen molar-refractivity contribution in [3.63, 3.8) is 0 Å². The van der Waals surface area contributed by atoms with Crippen LogP contribution in [0.2, 0.25) is 0 Å². The number of hydrogen-bond acceptors (Lipinski definition) is 1. The molecule has 0 bridgehead atoms. The predicted octanol–water partition coefficient (Wildman–Crippen LogP) is 5.39. The lowest BCUT2D eigenvalue weighted by Crippen LogP contribution is -2.04. The van der Waals surface area contributed by atoms with E-state index in [0.717, 1.165) is 17.7 Å². The van der Waals surface area contributed by atoms with Gasteiger partial charge in [0.1, 0.15) is 11.5 Å². The third kappa shape index (κ3) is 3.50. The molecule has 0 radical (unpaired) electrons. The second-order valence-electron chi connectivity index (χ2n) is 3.87. The average Bonchev–Trinajstić information content (AvgIpc) is 2.39. The minimum Gasteiger partial charge on any atom is -0.457 e. The third-order valence-electron chi connectivity index (χ3n) is 2.51. The van der Waals surface area contributed by atoms with E-state index in [4.69, 9.17) is 4.74 Å². The molecule has 100 valence electrons. The van der Waals surface area contributed by atoms with Crippen molar-refractivity contribution in [2.75, 3.05) is 0 Å². The molecular weight excluding hydrogens is 321 g/mol. The van der Waals surface area contributed by atoms with E-state index in [1.165, 1.54) is 12.1 Å². The van der Waals surface area contributed by atoms with Crippen LogP contribution in [-0.4, -0.2) is 0 Å². The number of para-hydroxylation sites is 1. The normalized spacial score (nSPS) is 11.4. The Bertz CT molecular complexity index is 567. The largest absolute Gasteiger partial charge is 0.457 e. The van der Waals surface area contributed by atoms with Gasteiger partial charge in [-0.1, -0.05) is 40.2 Å². The summed E-state index contributed by atoms with van der Waals surface area (Å²) in [5.74, 6) is 0.710. The van der Waals surface area contributed by atoms with Crippen LogP contribution in [0.5, 0.6) is 11.5 Å². The fourth-order valence-corrected chi connectivity index (χ4v) is 2.04. The number of halogens is 4. The van der Waals surface area contributed by atoms with E-state index < -0.39 is 11.7 Å². The Hall–Kier alpha value is -1.49. The van der Waals surface area contributed by atoms with Gasteiger partial charge in [0, 0.05) is 10.9 Å². The highest BCUT2D eigenvalue weighted by molar-refractivity contribution is 9.08. The zero-order valence-electron chi connectivity index (χ0n) is 9.75. The summed E-state index contributed by atoms with van der Waals surface area (Å²) in [7, 11) is 0. The van der Waals surface area contributed by atoms with Gasteiger partial charge in [0.25, 0.3) is 0 Å². The van der Waals surface area contributed by atoms with E-state index in [1.807, 2.05) is 12.1 Å². The van der Waals surface area contributed by atoms with Crippen LogP contribution in [0.3, 0.4) is 0 Å². The molecule has 0 aromatic heterocycles. The van der Waals surface area contributed by atoms with Gasteiger partial charge < -0.3 is 4.74 Å². The Kier molecular flexibility index (Phi) is 4.14. The van der Waals surface area contributed by atoms with Crippen molar-refractivity contribution in [1.82, 2.24) is 0 Å². The summed E-state index contributed by atoms with van der Waals surface area (Å²) >= 11 is 3.31. The van der Waals surface area contributed by atoms with E-state index in [9.17, 15) is 13.2 Å². The van der Waals surface area contributed by atoms with Crippen molar-refractivity contribution >= 4 is 15.9 Å². The topological polar surface area (TPSA) is 9.23 Å². The van der Waals surface area contributed by atoms with Crippen molar-refractivity contribution in [2.45, 2.75) is 11.5 Å². The summed E-state index contributed by atoms with van der Waals surface area (Å²) in [6.07, 6.45) is -4.37. The van der Waals surface area contributed by atoms with Crippen LogP contribution in [0.1, 0.15) is 11.1 Å². The van der Waals surface area contributed by atoms with E-state index in [0.29, 0.717) is 11.1 Å². The Labute approximate surface area is 117 Å². The lowest BCUT2D eigenvalue weighted by Gasteiger charge is -2.11. The predicted molar refractivity (Wildman–Crippen MR) is 70.6 cm³/mol. The van der Waals surface area contributed by atoms with Crippen LogP contribution in [-0.2, 0) is 11.5 Å². The molecular formula is C14H10BrF3O. The SMILES string of the molecule is FC(F)(F)c1cccc(Oc2ccccc2CBr)c1. The number of rotatable bonds is 3. The molecule has 2 rings (SSSR count). The van der Waals surface area contributed by atoms with Gasteiger partial charge in [0.05, 0.1) is 5.56 Å². The molecule has 0 aliphatic rings. The van der Waals surface area contributed by atoms with Crippen LogP contribution in [0, 0.1) is 0 Å². The summed E-state index contributed by atoms with van der Waals surface area (Å²) in [6.45, 7) is 0. The van der Waals surface area contributed by atoms with Gasteiger partial charge in [-0.25, -0.2) is 0 Å². The minimum absolute atomic E-state index is 0.170. The monoisotopic (exact) mass is 330 g/mol. The molecule has 2 aromatic carbocycles. The molecule has 0 aliphatic heterocycles. The van der Waals surface area contributed by atoms with Gasteiger partial charge in [-0.2, -0.15) is 13.2 Å². The van der Waals surface area contributed by atoms with E-state index in [1.54, 1.807) is 12.1 Å². The molecule has 0 heterocycles. The number of ether oxygens (including phenoxy) is 1. The fraction of sp³-hybridized carbons (Fsp3) is 0.143. The molecule has 5 heteroatoms. The summed E-state index contributed by atoms with van der Waals surface area (Å²) < 4.78 is 43.3. The maximum atomic E-state index is 12.6. The first-order valence-corrected chi connectivity index (χ1v) is 6.62. The maximum Gasteiger partial charge on any atom is 0.416 e. The minimum atomic E-state index is -4.37. The van der Waals surface area contributed by atoms with Gasteiger partial charge in [-0.15, -0.1) is 0 Å². The Balaban J connectivity index is 2.29. The molecule has 0 N–H and O–H groups in total. The van der Waals surface area contributed by atoms with Gasteiger partial charge in [-0.05, 0) is 24.3 Å². The van der Waals surface area contributed by atoms with Crippen LogP contribution >= 0.6 is 15.9 Å². The number of alkyl halides is 4. The highest BCUT2D eigenvalue weighted by Crippen LogP contribution is 2.33. The first-order chi connectivity index (χ1) is 9.00. The second-order valence-corrected chi connectivity index (χ2v) is 4.43. The summed E-state index contributed by atoms with van der Waals surface area (Å²) in [4.78, 5) is 0. The van der Waals surface area contributed by atoms with Gasteiger partial charge in [0.15, 0.2) is 0 Å². The van der Waals surface area contributed by atoms with Crippen LogP contribution in [0.15, 0.2) is 48.5 Å². The first-order valence-electron chi connectivity index (χ1n) is 5.49. The van der Waals surface area contributed by atoms with Crippen LogP contribution in [0.4, 0.5) is 13.2 Å². The van der Waals surface area contributed by atoms with E-state index in [-0.39, 0.29) is 5.75 Å². The highest BCUT2D eigenvalue weighted by Gasteiger charge is 2.30. The standard InChI is InChI=1S/C14H10BrF3O/c15-9-10-4-1-2-7-13(10)19-12-6-3-5-11(8-12)14(16,17)18/h1-8H,9H2. The molecule has 1 nitrogen and oxygen atoms in total. The third-order valence-corrected chi connectivity index (χ3v) is 3.11. The second kappa shape index (κ2) is 5.65. The number of hydrogen-bond donors (Lipinski definition) is 0. The van der Waals surface area contributed by atoms with Crippen molar-refractivity contribution in [3.05, 3.63) is 59.7 Å². The van der Waals surface area contributed by atoms with Crippen molar-refractivity contribution in [3.8, 4) is 11.5 Å². The zero-order valence-corrected chi connectivity index (χ0v) is 11.3. The van der Waals surface area contributed by atoms with Gasteiger partial charge in [0.2, 0.25) is 0 Å². The average molecular weight is 331 g/mol. The zero-order chi connectivity index (χ0) is 13.9. The smallest absolute Gasteiger partial charge is 0.416 e. The Morgan fingerprint density at radius 1 is 1.00 bits per heavy atom. The highest BCUT2D eigenvalue weighted by atomic mass is 79.9. The Morgan fingerprint density at radius 3 is 2.42 bits per heavy atom. The van der Waals surface area contributed by atoms with E-state index >= 15 is 0 Å². The lowest BCUT2D eigenvalue weighted by molar-refractivity contribution is -0.137. The van der Waals surface area contributed by atoms with Crippen molar-refractivity contribution in [1.29, 1.82) is 0 Å². The van der Waals surface area contributed by atoms with Crippen molar-refractivity contribution in [2.24, 2.45) is 0 Å². The molecule has 19 heavy (non-hydrogen) atoms. The summed E-state index contributed by atoms with van der Waals surface area (Å²) in [5, 5.41) is 0.572. The fourth-order valence-electron chi connectivity index (χ4n) is 1.58. The Morgan fingerprint density at radius 2 is 1.74 bits per heavy atom. The van der Waals surface area contributed by atoms with Crippen molar-refractivity contribution < 1.29 is 17.9 Å². The molecule has 0 unspecified atom stereocenters. The van der Waals surface area contributed by atoms with Gasteiger partial charge >= 0.3 is 6.18 Å². The molecule has 0 saturated heterocycles. The maximum absolute atomic E-state index is 12.6. The molecule has 0 amide bonds. The molecule has 2 aromatic rings. The van der Waals surface area contributed by atoms with E-state index in [2.05, 4.69) is 15.9 Å². The van der Waals surface area contributed by atoms with Crippen LogP contribution in [0.25, 0.3) is 0 Å². The molecule has 0 atom stereocenters. The summed E-state index contributed by atoms with van der Waals surface area (Å²) in [5.41, 5.74) is 0.154. The quantitative estimate of drug-likeness (QED) is 0.685.